The fourth-order valence-electron chi connectivity index (χ4n) is 6.10. The van der Waals surface area contributed by atoms with Crippen LogP contribution in [0.3, 0.4) is 0 Å². The Balaban J connectivity index is 1.46. The maximum Gasteiger partial charge on any atom is 0.408 e. The van der Waals surface area contributed by atoms with Gasteiger partial charge in [0.2, 0.25) is 29.5 Å². The van der Waals surface area contributed by atoms with E-state index in [9.17, 15) is 38.7 Å². The number of benzene rings is 3. The highest BCUT2D eigenvalue weighted by atomic mass is 16.5. The van der Waals surface area contributed by atoms with E-state index in [1.807, 2.05) is 26.0 Å². The van der Waals surface area contributed by atoms with Gasteiger partial charge in [0.05, 0.1) is 12.0 Å². The maximum atomic E-state index is 14.1. The first-order valence-corrected chi connectivity index (χ1v) is 20.0. The molecular formula is C44H54N8O10. The first-order chi connectivity index (χ1) is 29.6. The lowest BCUT2D eigenvalue weighted by molar-refractivity contribution is -0.140. The molecule has 1 aromatic heterocycles. The number of imidazole rings is 1. The summed E-state index contributed by atoms with van der Waals surface area (Å²) in [6, 6.07) is 18.7. The van der Waals surface area contributed by atoms with Crippen LogP contribution in [0.4, 0.5) is 4.79 Å². The number of H-pyrrole nitrogens is 1. The lowest BCUT2D eigenvalue weighted by Crippen LogP contribution is -2.60. The van der Waals surface area contributed by atoms with Gasteiger partial charge in [-0.1, -0.05) is 94.4 Å². The Morgan fingerprint density at radius 1 is 0.710 bits per heavy atom. The number of hydrogen-bond acceptors (Lipinski definition) is 11. The van der Waals surface area contributed by atoms with E-state index >= 15 is 0 Å². The fraction of sp³-hybridized carbons (Fsp3) is 0.364. The van der Waals surface area contributed by atoms with Gasteiger partial charge in [-0.3, -0.25) is 34.1 Å². The average molecular weight is 855 g/mol. The third kappa shape index (κ3) is 15.5. The molecule has 18 heteroatoms. The zero-order valence-corrected chi connectivity index (χ0v) is 35.0. The number of amides is 7. The largest absolute Gasteiger partial charge is 0.490 e. The van der Waals surface area contributed by atoms with E-state index in [4.69, 9.17) is 15.2 Å². The number of alkyl carbamates (subject to hydrolysis) is 1. The lowest BCUT2D eigenvalue weighted by Gasteiger charge is -2.28. The van der Waals surface area contributed by atoms with Gasteiger partial charge in [0.15, 0.2) is 6.10 Å². The molecule has 4 rings (SSSR count). The van der Waals surface area contributed by atoms with Gasteiger partial charge >= 0.3 is 6.09 Å². The Hall–Kier alpha value is -7.08. The van der Waals surface area contributed by atoms with E-state index in [2.05, 4.69) is 36.6 Å². The molecule has 7 amide bonds. The third-order valence-corrected chi connectivity index (χ3v) is 9.37. The molecule has 0 aliphatic rings. The second kappa shape index (κ2) is 23.6. The summed E-state index contributed by atoms with van der Waals surface area (Å²) in [5.74, 6) is -5.49. The van der Waals surface area contributed by atoms with Gasteiger partial charge in [-0.25, -0.2) is 9.78 Å². The van der Waals surface area contributed by atoms with Gasteiger partial charge in [-0.05, 0) is 47.6 Å². The number of rotatable bonds is 22. The Morgan fingerprint density at radius 3 is 1.92 bits per heavy atom. The zero-order valence-electron chi connectivity index (χ0n) is 35.0. The predicted molar refractivity (Wildman–Crippen MR) is 226 cm³/mol. The number of nitrogens with zero attached hydrogens (tertiary/aromatic N) is 1. The van der Waals surface area contributed by atoms with Crippen LogP contribution in [0.15, 0.2) is 97.5 Å². The Morgan fingerprint density at radius 2 is 1.32 bits per heavy atom. The van der Waals surface area contributed by atoms with Crippen molar-refractivity contribution in [2.75, 3.05) is 6.61 Å². The summed E-state index contributed by atoms with van der Waals surface area (Å²) in [5, 5.41) is 23.2. The monoisotopic (exact) mass is 854 g/mol. The van der Waals surface area contributed by atoms with Crippen molar-refractivity contribution < 1.29 is 48.1 Å². The van der Waals surface area contributed by atoms with Crippen LogP contribution in [-0.4, -0.2) is 93.5 Å². The van der Waals surface area contributed by atoms with E-state index < -0.39 is 84.3 Å². The van der Waals surface area contributed by atoms with Crippen LogP contribution in [0.25, 0.3) is 0 Å². The van der Waals surface area contributed by atoms with Crippen LogP contribution in [0.2, 0.25) is 0 Å². The number of nitrogens with two attached hydrogens (primary N) is 1. The third-order valence-electron chi connectivity index (χ3n) is 9.37. The van der Waals surface area contributed by atoms with Gasteiger partial charge in [-0.2, -0.15) is 0 Å². The molecule has 0 bridgehead atoms. The smallest absolute Gasteiger partial charge is 0.408 e. The molecular weight excluding hydrogens is 801 g/mol. The van der Waals surface area contributed by atoms with Gasteiger partial charge < -0.3 is 46.6 Å². The van der Waals surface area contributed by atoms with E-state index in [0.717, 1.165) is 11.1 Å². The van der Waals surface area contributed by atoms with Crippen LogP contribution in [0, 0.1) is 11.8 Å². The number of carbonyl (C=O) groups excluding carboxylic acids is 7. The lowest BCUT2D eigenvalue weighted by atomic mass is 9.99. The molecule has 3 aromatic carbocycles. The number of hydrogen-bond donors (Lipinski definition) is 8. The number of imide groups is 1. The van der Waals surface area contributed by atoms with Crippen molar-refractivity contribution in [3.05, 3.63) is 120 Å². The molecule has 9 N–H and O–H groups in total. The molecule has 0 saturated carbocycles. The molecule has 0 saturated heterocycles. The minimum atomic E-state index is -1.81. The van der Waals surface area contributed by atoms with Gasteiger partial charge in [0.25, 0.3) is 5.91 Å². The highest BCUT2D eigenvalue weighted by molar-refractivity contribution is 6.02. The maximum absolute atomic E-state index is 14.1. The van der Waals surface area contributed by atoms with E-state index in [1.54, 1.807) is 68.6 Å². The number of ether oxygens (including phenoxy) is 2. The topological polar surface area (TPSA) is 273 Å². The second-order valence-corrected chi connectivity index (χ2v) is 15.3. The quantitative estimate of drug-likeness (QED) is 0.0565. The van der Waals surface area contributed by atoms with E-state index in [-0.39, 0.29) is 43.1 Å². The van der Waals surface area contributed by atoms with Crippen molar-refractivity contribution in [1.29, 1.82) is 0 Å². The molecule has 1 unspecified atom stereocenters. The van der Waals surface area contributed by atoms with Crippen molar-refractivity contribution in [2.45, 2.75) is 83.8 Å². The average Bonchev–Trinajstić information content (AvgIpc) is 3.76. The summed E-state index contributed by atoms with van der Waals surface area (Å²) in [6.45, 7) is 6.29. The Kier molecular flexibility index (Phi) is 18.1. The Labute approximate surface area is 359 Å². The van der Waals surface area contributed by atoms with Crippen LogP contribution in [-0.2, 0) is 48.2 Å². The van der Waals surface area contributed by atoms with Crippen molar-refractivity contribution in [3.8, 4) is 5.75 Å². The minimum absolute atomic E-state index is 0.0431. The van der Waals surface area contributed by atoms with Crippen LogP contribution < -0.4 is 37.1 Å². The SMILES string of the molecule is CC(C)C[C@H](NC(=O)[C@H](Cc1c[nH]cn1)NC(=O)[C@H](Cc1ccccc1)NC(=O)OCc1ccccc1)C(=O)N[C@H](C(=O)NC(=O)C(O)COc1cccc(C(N)=O)c1)C(C)C. The molecule has 0 aliphatic carbocycles. The predicted octanol–water partition coefficient (Wildman–Crippen LogP) is 1.83. The Bertz CT molecular complexity index is 2120. The van der Waals surface area contributed by atoms with Crippen molar-refractivity contribution >= 4 is 41.5 Å². The van der Waals surface area contributed by atoms with Crippen molar-refractivity contribution in [3.63, 3.8) is 0 Å². The first kappa shape index (κ1) is 47.6. The molecule has 4 aromatic rings. The highest BCUT2D eigenvalue weighted by Gasteiger charge is 2.34. The highest BCUT2D eigenvalue weighted by Crippen LogP contribution is 2.14. The molecule has 330 valence electrons. The summed E-state index contributed by atoms with van der Waals surface area (Å²) < 4.78 is 10.8. The molecule has 62 heavy (non-hydrogen) atoms. The molecule has 0 aliphatic heterocycles. The van der Waals surface area contributed by atoms with Gasteiger partial charge in [-0.15, -0.1) is 0 Å². The number of aliphatic hydroxyl groups is 1. The number of primary amides is 1. The number of aliphatic hydroxyl groups excluding tert-OH is 1. The standard InChI is InChI=1S/C44H54N8O10/c1-26(2)18-33(41(57)51-37(27(3)4)43(59)52-42(58)36(53)24-61-32-17-11-16-30(20-32)38(45)54)48-40(56)35(21-31-22-46-25-47-31)49-39(55)34(19-28-12-7-5-8-13-28)50-44(60)62-23-29-14-9-6-10-15-29/h5-17,20,22,25-27,33-37,53H,18-19,21,23-24H2,1-4H3,(H2,45,54)(H,46,47)(H,48,56)(H,49,55)(H,50,60)(H,51,57)(H,52,58,59)/t33-,34-,35-,36?,37-/m0/s1. The summed E-state index contributed by atoms with van der Waals surface area (Å²) in [6.07, 6.45) is 0.354. The zero-order chi connectivity index (χ0) is 45.2. The number of carbonyl (C=O) groups is 7. The summed E-state index contributed by atoms with van der Waals surface area (Å²) in [5.41, 5.74) is 7.31. The molecule has 1 heterocycles. The molecule has 18 nitrogen and oxygen atoms in total. The summed E-state index contributed by atoms with van der Waals surface area (Å²) >= 11 is 0. The number of nitrogens with one attached hydrogen (secondary N) is 6. The number of aromatic nitrogens is 2. The van der Waals surface area contributed by atoms with Crippen molar-refractivity contribution in [1.82, 2.24) is 36.6 Å². The van der Waals surface area contributed by atoms with Crippen LogP contribution in [0.1, 0.15) is 61.3 Å². The molecule has 0 spiro atoms. The van der Waals surface area contributed by atoms with Gasteiger partial charge in [0.1, 0.15) is 43.1 Å². The van der Waals surface area contributed by atoms with Crippen LogP contribution >= 0.6 is 0 Å². The van der Waals surface area contributed by atoms with E-state index in [0.29, 0.717) is 5.69 Å². The van der Waals surface area contributed by atoms with Crippen LogP contribution in [0.5, 0.6) is 5.75 Å². The molecule has 5 atom stereocenters. The van der Waals surface area contributed by atoms with Gasteiger partial charge in [0, 0.05) is 24.6 Å². The summed E-state index contributed by atoms with van der Waals surface area (Å²) in [4.78, 5) is 99.6. The molecule has 0 radical (unpaired) electrons. The fourth-order valence-corrected chi connectivity index (χ4v) is 6.10. The number of aromatic amines is 1. The second-order valence-electron chi connectivity index (χ2n) is 15.3. The van der Waals surface area contributed by atoms with E-state index in [1.165, 1.54) is 30.6 Å². The van der Waals surface area contributed by atoms with Crippen molar-refractivity contribution in [2.24, 2.45) is 17.6 Å². The normalized spacial score (nSPS) is 13.4. The minimum Gasteiger partial charge on any atom is -0.490 e. The molecule has 0 fully saturated rings. The first-order valence-electron chi connectivity index (χ1n) is 20.0. The summed E-state index contributed by atoms with van der Waals surface area (Å²) in [7, 11) is 0.